The van der Waals surface area contributed by atoms with Crippen LogP contribution in [-0.2, 0) is 4.79 Å². The average Bonchev–Trinajstić information content (AvgIpc) is 3.18. The third kappa shape index (κ3) is 4.33. The second kappa shape index (κ2) is 8.31. The number of benzene rings is 2. The minimum absolute atomic E-state index is 0.197. The fraction of sp³-hybridized carbons (Fsp3) is 0.238. The van der Waals surface area contributed by atoms with E-state index in [0.717, 1.165) is 15.9 Å². The number of esters is 1. The van der Waals surface area contributed by atoms with E-state index >= 15 is 0 Å². The summed E-state index contributed by atoms with van der Waals surface area (Å²) in [5, 5.41) is 17.2. The Kier molecular flexibility index (Phi) is 5.55. The molecule has 31 heavy (non-hydrogen) atoms. The lowest BCUT2D eigenvalue weighted by atomic mass is 9.98. The summed E-state index contributed by atoms with van der Waals surface area (Å²) in [6, 6.07) is 8.61. The number of carbonyl (C=O) groups excluding carboxylic acids is 1. The van der Waals surface area contributed by atoms with Crippen LogP contribution in [0.2, 0.25) is 0 Å². The number of thiazole rings is 1. The van der Waals surface area contributed by atoms with Crippen LogP contribution in [0.5, 0.6) is 5.75 Å². The predicted octanol–water partition coefficient (Wildman–Crippen LogP) is 3.24. The molecule has 0 aliphatic carbocycles. The Morgan fingerprint density at radius 2 is 1.90 bits per heavy atom. The van der Waals surface area contributed by atoms with E-state index in [-0.39, 0.29) is 28.6 Å². The molecule has 1 fully saturated rings. The van der Waals surface area contributed by atoms with E-state index < -0.39 is 17.8 Å². The van der Waals surface area contributed by atoms with Crippen LogP contribution >= 0.6 is 11.3 Å². The molecule has 0 radical (unpaired) electrons. The Labute approximate surface area is 180 Å². The number of hydrogen-bond donors (Lipinski definition) is 3. The second-order valence-electron chi connectivity index (χ2n) is 7.23. The standard InChI is InChI=1S/C21H19FN4O4S/c22-14-9-12(18(23)24)2-4-16(14)30-20(29)13-1-3-15-17(10-13)31-21(25-15)26-7-5-11(6-8-26)19(27)28/h1-4,9-11H,5-8H2,(H3,23,24)(H,27,28). The first-order valence-electron chi connectivity index (χ1n) is 9.56. The molecule has 0 spiro atoms. The van der Waals surface area contributed by atoms with Crippen molar-refractivity contribution < 1.29 is 23.8 Å². The molecule has 0 atom stereocenters. The SMILES string of the molecule is N=C(N)c1ccc(OC(=O)c2ccc3nc(N4CCC(C(=O)O)CC4)sc3c2)c(F)c1. The number of carbonyl (C=O) groups is 2. The maximum atomic E-state index is 14.1. The normalized spacial score (nSPS) is 14.5. The van der Waals surface area contributed by atoms with Crippen molar-refractivity contribution in [2.75, 3.05) is 18.0 Å². The van der Waals surface area contributed by atoms with Gasteiger partial charge in [0, 0.05) is 18.7 Å². The second-order valence-corrected chi connectivity index (χ2v) is 8.24. The number of anilines is 1. The molecular formula is C21H19FN4O4S. The van der Waals surface area contributed by atoms with Crippen LogP contribution < -0.4 is 15.4 Å². The molecule has 0 unspecified atom stereocenters. The first-order valence-corrected chi connectivity index (χ1v) is 10.4. The van der Waals surface area contributed by atoms with Gasteiger partial charge < -0.3 is 20.5 Å². The van der Waals surface area contributed by atoms with E-state index in [1.54, 1.807) is 18.2 Å². The van der Waals surface area contributed by atoms with E-state index in [1.807, 2.05) is 4.90 Å². The van der Waals surface area contributed by atoms with Crippen LogP contribution in [0.3, 0.4) is 0 Å². The third-order valence-corrected chi connectivity index (χ3v) is 6.25. The van der Waals surface area contributed by atoms with Gasteiger partial charge in [-0.15, -0.1) is 0 Å². The van der Waals surface area contributed by atoms with Gasteiger partial charge in [0.15, 0.2) is 16.7 Å². The molecule has 1 aromatic heterocycles. The first kappa shape index (κ1) is 20.7. The van der Waals surface area contributed by atoms with E-state index in [9.17, 15) is 14.0 Å². The summed E-state index contributed by atoms with van der Waals surface area (Å²) in [6.07, 6.45) is 1.13. The number of nitrogens with one attached hydrogen (secondary N) is 1. The Bertz CT molecular complexity index is 1190. The van der Waals surface area contributed by atoms with Gasteiger partial charge in [-0.2, -0.15) is 0 Å². The molecule has 4 N–H and O–H groups in total. The van der Waals surface area contributed by atoms with Crippen LogP contribution in [0.4, 0.5) is 9.52 Å². The largest absolute Gasteiger partial charge is 0.481 e. The van der Waals surface area contributed by atoms with Gasteiger partial charge in [0.25, 0.3) is 0 Å². The Morgan fingerprint density at radius 3 is 2.55 bits per heavy atom. The van der Waals surface area contributed by atoms with Gasteiger partial charge >= 0.3 is 11.9 Å². The highest BCUT2D eigenvalue weighted by atomic mass is 32.1. The van der Waals surface area contributed by atoms with Crippen molar-refractivity contribution in [2.24, 2.45) is 11.7 Å². The van der Waals surface area contributed by atoms with Gasteiger partial charge in [-0.25, -0.2) is 14.2 Å². The molecule has 4 rings (SSSR count). The number of amidine groups is 1. The maximum Gasteiger partial charge on any atom is 0.343 e. The monoisotopic (exact) mass is 442 g/mol. The summed E-state index contributed by atoms with van der Waals surface area (Å²) < 4.78 is 20.1. The molecule has 1 aliphatic rings. The van der Waals surface area contributed by atoms with E-state index in [1.165, 1.54) is 23.5 Å². The van der Waals surface area contributed by atoms with Crippen molar-refractivity contribution in [3.63, 3.8) is 0 Å². The van der Waals surface area contributed by atoms with Crippen LogP contribution in [0.1, 0.15) is 28.8 Å². The van der Waals surface area contributed by atoms with Gasteiger partial charge in [0.2, 0.25) is 0 Å². The van der Waals surface area contributed by atoms with Gasteiger partial charge in [0.1, 0.15) is 5.84 Å². The number of nitrogen functional groups attached to an aromatic ring is 1. The van der Waals surface area contributed by atoms with E-state index in [4.69, 9.17) is 21.0 Å². The number of nitrogens with two attached hydrogens (primary N) is 1. The fourth-order valence-corrected chi connectivity index (χ4v) is 4.46. The highest BCUT2D eigenvalue weighted by molar-refractivity contribution is 7.22. The van der Waals surface area contributed by atoms with Crippen LogP contribution in [-0.4, -0.2) is 41.0 Å². The van der Waals surface area contributed by atoms with Crippen molar-refractivity contribution in [2.45, 2.75) is 12.8 Å². The Hall–Kier alpha value is -3.53. The lowest BCUT2D eigenvalue weighted by molar-refractivity contribution is -0.142. The summed E-state index contributed by atoms with van der Waals surface area (Å²) in [7, 11) is 0. The number of aliphatic carboxylic acids is 1. The highest BCUT2D eigenvalue weighted by Crippen LogP contribution is 2.32. The van der Waals surface area contributed by atoms with Gasteiger partial charge in [0.05, 0.1) is 21.7 Å². The van der Waals surface area contributed by atoms with E-state index in [0.29, 0.717) is 31.4 Å². The molecule has 1 saturated heterocycles. The third-order valence-electron chi connectivity index (χ3n) is 5.17. The Morgan fingerprint density at radius 1 is 1.19 bits per heavy atom. The number of rotatable bonds is 5. The maximum absolute atomic E-state index is 14.1. The molecule has 3 aromatic rings. The van der Waals surface area contributed by atoms with Crippen molar-refractivity contribution in [1.82, 2.24) is 4.98 Å². The molecular weight excluding hydrogens is 423 g/mol. The molecule has 160 valence electrons. The van der Waals surface area contributed by atoms with Gasteiger partial charge in [-0.1, -0.05) is 11.3 Å². The molecule has 8 nitrogen and oxygen atoms in total. The minimum Gasteiger partial charge on any atom is -0.481 e. The number of hydrogen-bond acceptors (Lipinski definition) is 7. The summed E-state index contributed by atoms with van der Waals surface area (Å²) in [6.45, 7) is 1.22. The minimum atomic E-state index is -0.785. The number of aromatic nitrogens is 1. The summed E-state index contributed by atoms with van der Waals surface area (Å²) in [4.78, 5) is 30.3. The van der Waals surface area contributed by atoms with Crippen molar-refractivity contribution >= 4 is 44.5 Å². The highest BCUT2D eigenvalue weighted by Gasteiger charge is 2.26. The quantitative estimate of drug-likeness (QED) is 0.239. The van der Waals surface area contributed by atoms with Crippen molar-refractivity contribution in [3.8, 4) is 5.75 Å². The zero-order chi connectivity index (χ0) is 22.1. The summed E-state index contributed by atoms with van der Waals surface area (Å²) >= 11 is 1.41. The number of piperidine rings is 1. The fourth-order valence-electron chi connectivity index (χ4n) is 3.40. The van der Waals surface area contributed by atoms with Crippen LogP contribution in [0, 0.1) is 17.1 Å². The average molecular weight is 442 g/mol. The van der Waals surface area contributed by atoms with Crippen LogP contribution in [0.25, 0.3) is 10.2 Å². The number of carboxylic acid groups (broad SMARTS) is 1. The number of fused-ring (bicyclic) bond motifs is 1. The van der Waals surface area contributed by atoms with Crippen molar-refractivity contribution in [3.05, 3.63) is 53.3 Å². The molecule has 10 heteroatoms. The number of carboxylic acids is 1. The summed E-state index contributed by atoms with van der Waals surface area (Å²) in [5.41, 5.74) is 6.49. The molecule has 2 heterocycles. The van der Waals surface area contributed by atoms with E-state index in [2.05, 4.69) is 4.98 Å². The smallest absolute Gasteiger partial charge is 0.343 e. The topological polar surface area (TPSA) is 130 Å². The van der Waals surface area contributed by atoms with Gasteiger partial charge in [-0.3, -0.25) is 10.2 Å². The first-order chi connectivity index (χ1) is 14.8. The molecule has 0 saturated carbocycles. The predicted molar refractivity (Wildman–Crippen MR) is 115 cm³/mol. The lowest BCUT2D eigenvalue weighted by Crippen LogP contribution is -2.36. The molecule has 0 bridgehead atoms. The zero-order valence-electron chi connectivity index (χ0n) is 16.3. The van der Waals surface area contributed by atoms with Crippen LogP contribution in [0.15, 0.2) is 36.4 Å². The molecule has 1 aliphatic heterocycles. The van der Waals surface area contributed by atoms with Gasteiger partial charge in [-0.05, 0) is 49.2 Å². The lowest BCUT2D eigenvalue weighted by Gasteiger charge is -2.29. The zero-order valence-corrected chi connectivity index (χ0v) is 17.1. The van der Waals surface area contributed by atoms with Crippen molar-refractivity contribution in [1.29, 1.82) is 5.41 Å². The molecule has 2 aromatic carbocycles. The number of nitrogens with zero attached hydrogens (tertiary/aromatic N) is 2. The number of halogens is 1. The molecule has 0 amide bonds. The Balaban J connectivity index is 1.50. The summed E-state index contributed by atoms with van der Waals surface area (Å²) in [5.74, 6) is -3.12. The number of ether oxygens (including phenoxy) is 1.